The molecule has 19 nitrogen and oxygen atoms in total. The van der Waals surface area contributed by atoms with Crippen molar-refractivity contribution < 1.29 is 91.9 Å². The van der Waals surface area contributed by atoms with E-state index >= 15 is 0 Å². The largest absolute Gasteiger partial charge is 0.472 e. The summed E-state index contributed by atoms with van der Waals surface area (Å²) in [7, 11) is -11.4. The van der Waals surface area contributed by atoms with Crippen LogP contribution in [0.25, 0.3) is 0 Å². The zero-order valence-electron chi connectivity index (χ0n) is 38.8. The average molecular weight is 987 g/mol. The van der Waals surface area contributed by atoms with Crippen LogP contribution in [-0.2, 0) is 46.6 Å². The average Bonchev–Trinajstić information content (AvgIpc) is 3.25. The van der Waals surface area contributed by atoms with Crippen LogP contribution in [0.1, 0.15) is 162 Å². The van der Waals surface area contributed by atoms with Gasteiger partial charge in [-0.2, -0.15) is 0 Å². The van der Waals surface area contributed by atoms with Crippen LogP contribution in [0.2, 0.25) is 0 Å². The van der Waals surface area contributed by atoms with Crippen LogP contribution in [0.5, 0.6) is 0 Å². The summed E-state index contributed by atoms with van der Waals surface area (Å²) in [6, 6.07) is 0. The Balaban J connectivity index is 2.35. The summed E-state index contributed by atoms with van der Waals surface area (Å²) < 4.78 is 52.1. The van der Waals surface area contributed by atoms with E-state index in [1.807, 2.05) is 6.92 Å². The lowest BCUT2D eigenvalue weighted by Crippen LogP contribution is -2.56. The molecule has 1 aliphatic heterocycles. The SMILES string of the molecule is CCCCCC/C=C\CCCCCCCC(=O)OC[C@@H]1COP(=O)(O)O[C@H]2[C@H](O)[C@@H](O)[C@H](O)[C@@H](CCCCCCC(=O)O1)C(=O)C[C@@H](O)[C@H](C=C[C@@H](O)CCCCC)[C@@H](O)[C@H]2OP(=O)(O)O. The lowest BCUT2D eigenvalue weighted by molar-refractivity contribution is -0.165. The molecule has 1 saturated carbocycles. The van der Waals surface area contributed by atoms with Crippen molar-refractivity contribution >= 4 is 33.4 Å². The highest BCUT2D eigenvalue weighted by molar-refractivity contribution is 7.47. The van der Waals surface area contributed by atoms with Gasteiger partial charge in [-0.3, -0.25) is 28.0 Å². The van der Waals surface area contributed by atoms with Crippen molar-refractivity contribution in [1.82, 2.24) is 0 Å². The van der Waals surface area contributed by atoms with Crippen molar-refractivity contribution in [2.24, 2.45) is 11.8 Å². The van der Waals surface area contributed by atoms with Crippen LogP contribution >= 0.6 is 15.6 Å². The topological polar surface area (TPSA) is 314 Å². The summed E-state index contributed by atoms with van der Waals surface area (Å²) in [5.74, 6) is -5.46. The van der Waals surface area contributed by atoms with E-state index in [0.29, 0.717) is 32.1 Å². The molecule has 0 spiro atoms. The number of carbonyl (C=O) groups excluding carboxylic acids is 3. The van der Waals surface area contributed by atoms with Crippen molar-refractivity contribution in [3.8, 4) is 0 Å². The smallest absolute Gasteiger partial charge is 0.462 e. The van der Waals surface area contributed by atoms with Gasteiger partial charge in [0, 0.05) is 31.1 Å². The van der Waals surface area contributed by atoms with Gasteiger partial charge >= 0.3 is 27.6 Å². The van der Waals surface area contributed by atoms with E-state index in [2.05, 4.69) is 19.1 Å². The first kappa shape index (κ1) is 60.2. The number of unbranched alkanes of at least 4 members (excludes halogenated alkanes) is 11. The van der Waals surface area contributed by atoms with Gasteiger partial charge in [-0.05, 0) is 51.4 Å². The van der Waals surface area contributed by atoms with Crippen molar-refractivity contribution in [2.45, 2.75) is 216 Å². The molecular weight excluding hydrogens is 906 g/mol. The van der Waals surface area contributed by atoms with Crippen LogP contribution in [0, 0.1) is 11.8 Å². The van der Waals surface area contributed by atoms with Crippen molar-refractivity contribution in [3.05, 3.63) is 24.3 Å². The molecule has 0 aromatic rings. The van der Waals surface area contributed by atoms with Crippen LogP contribution in [0.3, 0.4) is 0 Å². The molecule has 2 fully saturated rings. The Morgan fingerprint density at radius 1 is 0.833 bits per heavy atom. The molecule has 2 rings (SSSR count). The molecule has 12 atom stereocenters. The molecule has 21 heteroatoms. The number of Topliss-reactive ketones (excluding diaryl/α,β-unsaturated/α-hetero) is 1. The molecule has 1 unspecified atom stereocenters. The first-order chi connectivity index (χ1) is 31.3. The maximum absolute atomic E-state index is 13.7. The third-order valence-corrected chi connectivity index (χ3v) is 13.4. The molecule has 1 aliphatic carbocycles. The van der Waals surface area contributed by atoms with E-state index in [9.17, 15) is 68.8 Å². The van der Waals surface area contributed by atoms with Crippen molar-refractivity contribution in [1.29, 1.82) is 0 Å². The minimum atomic E-state index is -5.77. The number of allylic oxidation sites excluding steroid dienone is 2. The number of carbonyl (C=O) groups is 3. The number of aliphatic hydroxyl groups is 6. The second-order valence-electron chi connectivity index (χ2n) is 17.6. The van der Waals surface area contributed by atoms with Crippen molar-refractivity contribution in [3.63, 3.8) is 0 Å². The van der Waals surface area contributed by atoms with Gasteiger partial charge in [-0.25, -0.2) is 9.13 Å². The molecule has 2 bridgehead atoms. The fourth-order valence-corrected chi connectivity index (χ4v) is 9.57. The maximum atomic E-state index is 13.7. The van der Waals surface area contributed by atoms with E-state index in [1.54, 1.807) is 0 Å². The molecular formula is C45H80O19P2. The minimum Gasteiger partial charge on any atom is -0.462 e. The number of ketones is 1. The normalized spacial score (nSPS) is 31.1. The quantitative estimate of drug-likeness (QED) is 0.0263. The van der Waals surface area contributed by atoms with Gasteiger partial charge in [-0.1, -0.05) is 115 Å². The number of esters is 2. The first-order valence-corrected chi connectivity index (χ1v) is 27.0. The Labute approximate surface area is 390 Å². The first-order valence-electron chi connectivity index (χ1n) is 24.0. The molecule has 9 N–H and O–H groups in total. The molecule has 384 valence electrons. The number of phosphoric ester groups is 2. The Kier molecular flexibility index (Phi) is 29.9. The highest BCUT2D eigenvalue weighted by atomic mass is 31.2. The molecule has 1 saturated heterocycles. The molecule has 66 heavy (non-hydrogen) atoms. The molecule has 0 radical (unpaired) electrons. The van der Waals surface area contributed by atoms with Gasteiger partial charge in [-0.15, -0.1) is 0 Å². The summed E-state index contributed by atoms with van der Waals surface area (Å²) in [5, 5.41) is 68.1. The summed E-state index contributed by atoms with van der Waals surface area (Å²) in [5.41, 5.74) is 0. The fourth-order valence-electron chi connectivity index (χ4n) is 8.04. The number of rotatable bonds is 23. The summed E-state index contributed by atoms with van der Waals surface area (Å²) in [6.45, 7) is 2.55. The third kappa shape index (κ3) is 24.6. The number of ether oxygens (including phenoxy) is 2. The molecule has 0 amide bonds. The number of phosphoric acid groups is 2. The summed E-state index contributed by atoms with van der Waals surface area (Å²) in [4.78, 5) is 70.3. The summed E-state index contributed by atoms with van der Waals surface area (Å²) >= 11 is 0. The van der Waals surface area contributed by atoms with Crippen LogP contribution in [0.4, 0.5) is 0 Å². The van der Waals surface area contributed by atoms with E-state index in [4.69, 9.17) is 23.0 Å². The Morgan fingerprint density at radius 3 is 2.12 bits per heavy atom. The van der Waals surface area contributed by atoms with Gasteiger partial charge in [0.05, 0.1) is 31.0 Å². The highest BCUT2D eigenvalue weighted by Crippen LogP contribution is 2.49. The predicted molar refractivity (Wildman–Crippen MR) is 242 cm³/mol. The maximum Gasteiger partial charge on any atom is 0.472 e. The van der Waals surface area contributed by atoms with E-state index in [0.717, 1.165) is 57.4 Å². The monoisotopic (exact) mass is 986 g/mol. The number of aliphatic hydroxyl groups excluding tert-OH is 6. The Hall–Kier alpha value is -1.93. The zero-order chi connectivity index (χ0) is 49.1. The second kappa shape index (κ2) is 32.8. The van der Waals surface area contributed by atoms with Crippen LogP contribution in [-0.4, -0.2) is 131 Å². The third-order valence-electron chi connectivity index (χ3n) is 11.9. The van der Waals surface area contributed by atoms with Gasteiger partial charge < -0.3 is 54.8 Å². The Morgan fingerprint density at radius 2 is 1.45 bits per heavy atom. The molecule has 0 aromatic carbocycles. The van der Waals surface area contributed by atoms with E-state index < -0.39 is 120 Å². The molecule has 0 aromatic heterocycles. The lowest BCUT2D eigenvalue weighted by Gasteiger charge is -2.38. The van der Waals surface area contributed by atoms with Gasteiger partial charge in [0.25, 0.3) is 0 Å². The van der Waals surface area contributed by atoms with Gasteiger partial charge in [0.1, 0.15) is 36.8 Å². The Bertz CT molecular complexity index is 1540. The highest BCUT2D eigenvalue weighted by Gasteiger charge is 2.51. The number of hydrogen-bond acceptors (Lipinski definition) is 16. The van der Waals surface area contributed by atoms with E-state index in [-0.39, 0.29) is 32.1 Å². The zero-order valence-corrected chi connectivity index (χ0v) is 40.6. The molecule has 1 heterocycles. The number of cyclic esters (lactones) is 1. The minimum absolute atomic E-state index is 0.0486. The lowest BCUT2D eigenvalue weighted by atomic mass is 9.83. The molecule has 2 aliphatic rings. The van der Waals surface area contributed by atoms with Crippen molar-refractivity contribution in [2.75, 3.05) is 13.2 Å². The number of hydrogen-bond donors (Lipinski definition) is 9. The number of fused-ring (bicyclic) bond motifs is 4. The predicted octanol–water partition coefficient (Wildman–Crippen LogP) is 5.54. The van der Waals surface area contributed by atoms with Crippen LogP contribution in [0.15, 0.2) is 24.3 Å². The second-order valence-corrected chi connectivity index (χ2v) is 20.2. The standard InChI is InChI=1S/C45H80O19P2/c1-3-5-7-8-9-10-11-12-13-14-15-16-21-25-38(49)60-30-33-31-61-66(58,59)64-45-43(54)42(53)40(51)34(24-20-17-18-22-26-39(50)62-33)36(47)29-37(48)35(28-27-32(46)23-19-6-4-2)41(52)44(45)63-65(55,56)57/h10-11,27-28,32-35,37,40-46,48,51-54H,3-9,12-26,29-31H2,1-2H3,(H,58,59)(H2,55,56,57)/b11-10-,28-27?/t32-,33+,34-,35-,37+,40+,41+,42-,43+,44+,45-/m0/s1. The van der Waals surface area contributed by atoms with Crippen LogP contribution < -0.4 is 0 Å². The van der Waals surface area contributed by atoms with Gasteiger partial charge in [0.2, 0.25) is 0 Å². The van der Waals surface area contributed by atoms with E-state index in [1.165, 1.54) is 31.8 Å². The summed E-state index contributed by atoms with van der Waals surface area (Å²) in [6.07, 6.45) is 1.21. The fraction of sp³-hybridized carbons (Fsp3) is 0.844. The van der Waals surface area contributed by atoms with Gasteiger partial charge in [0.15, 0.2) is 6.10 Å².